The van der Waals surface area contributed by atoms with Gasteiger partial charge in [-0.3, -0.25) is 0 Å². The van der Waals surface area contributed by atoms with Gasteiger partial charge in [-0.1, -0.05) is 50.3 Å². The third-order valence-corrected chi connectivity index (χ3v) is 6.28. The van der Waals surface area contributed by atoms with Crippen molar-refractivity contribution < 1.29 is 9.59 Å². The Balaban J connectivity index is 1.89. The zero-order chi connectivity index (χ0) is 20.4. The maximum Gasteiger partial charge on any atom is 0.375 e. The van der Waals surface area contributed by atoms with Gasteiger partial charge in [-0.05, 0) is 62.3 Å². The van der Waals surface area contributed by atoms with Crippen LogP contribution in [0.3, 0.4) is 0 Å². The number of urea groups is 2. The van der Waals surface area contributed by atoms with Crippen LogP contribution in [-0.2, 0) is 0 Å². The van der Waals surface area contributed by atoms with Crippen LogP contribution < -0.4 is 9.80 Å². The molecule has 6 heteroatoms. The highest BCUT2D eigenvalue weighted by molar-refractivity contribution is 6.17. The second-order valence-corrected chi connectivity index (χ2v) is 9.12. The van der Waals surface area contributed by atoms with Gasteiger partial charge in [0.1, 0.15) is 0 Å². The van der Waals surface area contributed by atoms with Crippen molar-refractivity contribution >= 4 is 23.4 Å². The largest absolute Gasteiger partial charge is 0.375 e. The summed E-state index contributed by atoms with van der Waals surface area (Å²) in [6.45, 7) is 10.4. The van der Waals surface area contributed by atoms with Gasteiger partial charge >= 0.3 is 12.1 Å². The molecule has 2 aliphatic rings. The van der Waals surface area contributed by atoms with E-state index in [1.165, 1.54) is 32.1 Å². The number of carbonyl (C=O) groups excluding carboxylic acids is 2. The van der Waals surface area contributed by atoms with Crippen molar-refractivity contribution in [3.8, 4) is 0 Å². The maximum absolute atomic E-state index is 11.8. The molecule has 0 N–H and O–H groups in total. The molecule has 152 valence electrons. The Morgan fingerprint density at radius 3 is 2.07 bits per heavy atom. The summed E-state index contributed by atoms with van der Waals surface area (Å²) < 4.78 is 0. The molecule has 0 bridgehead atoms. The molecule has 0 aromatic heterocycles. The molecule has 28 heavy (non-hydrogen) atoms. The first kappa shape index (κ1) is 20.5. The lowest BCUT2D eigenvalue weighted by Crippen LogP contribution is -2.49. The van der Waals surface area contributed by atoms with Gasteiger partial charge in [-0.15, -0.1) is 0 Å². The van der Waals surface area contributed by atoms with E-state index in [1.54, 1.807) is 0 Å². The summed E-state index contributed by atoms with van der Waals surface area (Å²) in [5.41, 5.74) is 2.02. The van der Waals surface area contributed by atoms with E-state index in [1.807, 2.05) is 24.3 Å². The van der Waals surface area contributed by atoms with Gasteiger partial charge in [-0.25, -0.2) is 14.5 Å². The monoisotopic (exact) mass is 384 g/mol. The number of hydrogen-bond acceptors (Lipinski definition) is 3. The summed E-state index contributed by atoms with van der Waals surface area (Å²) in [5, 5.41) is 6.67. The molecule has 1 unspecified atom stereocenters. The molecule has 0 radical (unpaired) electrons. The van der Waals surface area contributed by atoms with E-state index < -0.39 is 12.1 Å². The van der Waals surface area contributed by atoms with Crippen molar-refractivity contribution in [2.45, 2.75) is 78.2 Å². The third kappa shape index (κ3) is 4.26. The molecule has 0 spiro atoms. The predicted molar refractivity (Wildman–Crippen MR) is 112 cm³/mol. The number of azo groups is 1. The summed E-state index contributed by atoms with van der Waals surface area (Å²) in [7, 11) is 0. The molecule has 2 aliphatic heterocycles. The molecule has 3 rings (SSSR count). The second-order valence-electron chi connectivity index (χ2n) is 9.12. The van der Waals surface area contributed by atoms with Gasteiger partial charge in [0.25, 0.3) is 0 Å². The highest BCUT2D eigenvalue weighted by Crippen LogP contribution is 2.41. The Labute approximate surface area is 168 Å². The minimum Gasteiger partial charge on any atom is -0.366 e. The summed E-state index contributed by atoms with van der Waals surface area (Å²) in [6.07, 6.45) is 8.52. The average Bonchev–Trinajstić information content (AvgIpc) is 2.99. The van der Waals surface area contributed by atoms with Crippen LogP contribution in [0.4, 0.5) is 21.0 Å². The lowest BCUT2D eigenvalue weighted by molar-refractivity contribution is 0.203. The first-order valence-electron chi connectivity index (χ1n) is 10.4. The van der Waals surface area contributed by atoms with Gasteiger partial charge in [0.15, 0.2) is 0 Å². The lowest BCUT2D eigenvalue weighted by Gasteiger charge is -2.47. The molecular weight excluding hydrogens is 352 g/mol. The zero-order valence-electron chi connectivity index (χ0n) is 17.6. The van der Waals surface area contributed by atoms with Gasteiger partial charge < -0.3 is 4.90 Å². The highest BCUT2D eigenvalue weighted by Gasteiger charge is 2.37. The van der Waals surface area contributed by atoms with E-state index in [-0.39, 0.29) is 5.54 Å². The second kappa shape index (κ2) is 8.02. The van der Waals surface area contributed by atoms with Gasteiger partial charge in [0.05, 0.1) is 5.69 Å². The fourth-order valence-corrected chi connectivity index (χ4v) is 4.73. The molecule has 6 nitrogen and oxygen atoms in total. The number of rotatable bonds is 3. The van der Waals surface area contributed by atoms with Crippen molar-refractivity contribution in [3.63, 3.8) is 0 Å². The number of nitrogens with zero attached hydrogens (tertiary/aromatic N) is 4. The first-order chi connectivity index (χ1) is 13.3. The van der Waals surface area contributed by atoms with Crippen LogP contribution in [0.5, 0.6) is 0 Å². The molecular formula is C22H32N4O2. The number of hydrogen-bond donors (Lipinski definition) is 0. The van der Waals surface area contributed by atoms with Crippen LogP contribution in [-0.4, -0.2) is 24.1 Å². The van der Waals surface area contributed by atoms with Crippen LogP contribution in [0.2, 0.25) is 0 Å². The van der Waals surface area contributed by atoms with Crippen LogP contribution in [0.15, 0.2) is 34.5 Å². The summed E-state index contributed by atoms with van der Waals surface area (Å²) in [5.74, 6) is 0. The molecule has 0 saturated carbocycles. The van der Waals surface area contributed by atoms with Crippen LogP contribution in [0, 0.1) is 5.41 Å². The van der Waals surface area contributed by atoms with Gasteiger partial charge in [0.2, 0.25) is 0 Å². The molecule has 1 aromatic carbocycles. The van der Waals surface area contributed by atoms with Crippen molar-refractivity contribution in [1.29, 1.82) is 0 Å². The van der Waals surface area contributed by atoms with E-state index >= 15 is 0 Å². The fraction of sp³-hybridized carbons (Fsp3) is 0.636. The number of carbonyl (C=O) groups is 2. The Morgan fingerprint density at radius 1 is 0.893 bits per heavy atom. The SMILES string of the molecule is CCC1(C)CC(C)(C)CCCCCCN1c1ccc(N2C(=O)N=NC2=O)cc1. The number of imide groups is 1. The van der Waals surface area contributed by atoms with Crippen molar-refractivity contribution in [1.82, 2.24) is 0 Å². The highest BCUT2D eigenvalue weighted by atomic mass is 16.2. The van der Waals surface area contributed by atoms with Crippen molar-refractivity contribution in [2.24, 2.45) is 15.6 Å². The number of benzene rings is 1. The Bertz CT molecular complexity index is 738. The van der Waals surface area contributed by atoms with E-state index in [0.29, 0.717) is 11.1 Å². The number of amides is 4. The van der Waals surface area contributed by atoms with Crippen LogP contribution in [0.25, 0.3) is 0 Å². The molecule has 1 fully saturated rings. The molecule has 0 aliphatic carbocycles. The minimum absolute atomic E-state index is 0.0618. The zero-order valence-corrected chi connectivity index (χ0v) is 17.6. The molecule has 1 atom stereocenters. The quantitative estimate of drug-likeness (QED) is 0.593. The van der Waals surface area contributed by atoms with Gasteiger partial charge in [0, 0.05) is 17.8 Å². The third-order valence-electron chi connectivity index (χ3n) is 6.28. The summed E-state index contributed by atoms with van der Waals surface area (Å²) in [6, 6.07) is 6.42. The topological polar surface area (TPSA) is 65.3 Å². The van der Waals surface area contributed by atoms with E-state index in [4.69, 9.17) is 0 Å². The van der Waals surface area contributed by atoms with Crippen molar-refractivity contribution in [3.05, 3.63) is 24.3 Å². The predicted octanol–water partition coefficient (Wildman–Crippen LogP) is 6.55. The summed E-state index contributed by atoms with van der Waals surface area (Å²) >= 11 is 0. The average molecular weight is 385 g/mol. The normalized spacial score (nSPS) is 26.0. The first-order valence-corrected chi connectivity index (χ1v) is 10.4. The van der Waals surface area contributed by atoms with E-state index in [0.717, 1.165) is 30.0 Å². The summed E-state index contributed by atoms with van der Waals surface area (Å²) in [4.78, 5) is 27.1. The molecule has 4 amide bonds. The van der Waals surface area contributed by atoms with Crippen LogP contribution in [0.1, 0.15) is 72.6 Å². The smallest absolute Gasteiger partial charge is 0.366 e. The number of anilines is 2. The van der Waals surface area contributed by atoms with E-state index in [2.05, 4.69) is 42.8 Å². The molecule has 2 heterocycles. The maximum atomic E-state index is 11.8. The van der Waals surface area contributed by atoms with E-state index in [9.17, 15) is 9.59 Å². The lowest BCUT2D eigenvalue weighted by atomic mass is 9.73. The Kier molecular flexibility index (Phi) is 5.87. The van der Waals surface area contributed by atoms with Crippen molar-refractivity contribution in [2.75, 3.05) is 16.3 Å². The molecule has 1 aromatic rings. The Morgan fingerprint density at radius 2 is 1.46 bits per heavy atom. The minimum atomic E-state index is -0.628. The molecule has 1 saturated heterocycles. The van der Waals surface area contributed by atoms with Crippen LogP contribution >= 0.6 is 0 Å². The Hall–Kier alpha value is -2.24. The van der Waals surface area contributed by atoms with Gasteiger partial charge in [-0.2, -0.15) is 0 Å². The standard InChI is InChI=1S/C22H32N4O2/c1-5-22(4)16-21(2,3)14-8-6-7-9-15-25(22)17-10-12-18(13-11-17)26-19(27)23-24-20(26)28/h10-13H,5-9,14-16H2,1-4H3. The fourth-order valence-electron chi connectivity index (χ4n) is 4.73.